The number of aromatic carboxylic acids is 1. The number of anilines is 2. The maximum absolute atomic E-state index is 11.7. The molecule has 98 valence electrons. The lowest BCUT2D eigenvalue weighted by Gasteiger charge is -2.07. The first-order valence-electron chi connectivity index (χ1n) is 5.45. The van der Waals surface area contributed by atoms with E-state index in [2.05, 4.69) is 15.7 Å². The number of aromatic nitrogens is 2. The fourth-order valence-corrected chi connectivity index (χ4v) is 1.47. The van der Waals surface area contributed by atoms with Crippen molar-refractivity contribution in [2.45, 2.75) is 0 Å². The molecule has 2 amide bonds. The van der Waals surface area contributed by atoms with Crippen LogP contribution in [0.25, 0.3) is 0 Å². The highest BCUT2D eigenvalue weighted by Crippen LogP contribution is 2.10. The third kappa shape index (κ3) is 3.09. The molecule has 0 radical (unpaired) electrons. The Balaban J connectivity index is 1.99. The Hall–Kier alpha value is -2.83. The quantitative estimate of drug-likeness (QED) is 0.783. The third-order valence-electron chi connectivity index (χ3n) is 2.45. The molecule has 0 fully saturated rings. The van der Waals surface area contributed by atoms with E-state index in [1.807, 2.05) is 0 Å². The Bertz CT molecular complexity index is 604. The van der Waals surface area contributed by atoms with Gasteiger partial charge in [0.2, 0.25) is 0 Å². The number of nitrogens with one attached hydrogen (secondary N) is 2. The lowest BCUT2D eigenvalue weighted by Crippen LogP contribution is -2.21. The summed E-state index contributed by atoms with van der Waals surface area (Å²) in [6.07, 6.45) is 1.57. The van der Waals surface area contributed by atoms with Gasteiger partial charge in [-0.15, -0.1) is 0 Å². The number of amides is 2. The summed E-state index contributed by atoms with van der Waals surface area (Å²) >= 11 is 0. The number of carboxylic acid groups (broad SMARTS) is 1. The fourth-order valence-electron chi connectivity index (χ4n) is 1.47. The van der Waals surface area contributed by atoms with Gasteiger partial charge in [-0.25, -0.2) is 9.59 Å². The minimum Gasteiger partial charge on any atom is -0.478 e. The molecule has 0 bridgehead atoms. The SMILES string of the molecule is Cn1nccc1NC(=O)Nc1ccc(C(=O)O)cc1. The summed E-state index contributed by atoms with van der Waals surface area (Å²) < 4.78 is 1.52. The summed E-state index contributed by atoms with van der Waals surface area (Å²) in [5.74, 6) is -0.453. The highest BCUT2D eigenvalue weighted by Gasteiger charge is 2.06. The summed E-state index contributed by atoms with van der Waals surface area (Å²) in [6, 6.07) is 7.11. The van der Waals surface area contributed by atoms with Gasteiger partial charge in [0.25, 0.3) is 0 Å². The molecule has 2 rings (SSSR count). The van der Waals surface area contributed by atoms with Crippen LogP contribution < -0.4 is 10.6 Å². The van der Waals surface area contributed by atoms with Crippen molar-refractivity contribution in [3.05, 3.63) is 42.1 Å². The van der Waals surface area contributed by atoms with E-state index in [1.165, 1.54) is 28.9 Å². The van der Waals surface area contributed by atoms with Crippen LogP contribution in [0.2, 0.25) is 0 Å². The minimum atomic E-state index is -1.01. The van der Waals surface area contributed by atoms with Crippen molar-refractivity contribution in [2.75, 3.05) is 10.6 Å². The Labute approximate surface area is 108 Å². The molecule has 7 nitrogen and oxygen atoms in total. The van der Waals surface area contributed by atoms with Crippen LogP contribution in [-0.4, -0.2) is 26.9 Å². The van der Waals surface area contributed by atoms with Gasteiger partial charge in [-0.2, -0.15) is 5.10 Å². The molecule has 1 aromatic heterocycles. The van der Waals surface area contributed by atoms with Crippen molar-refractivity contribution in [2.24, 2.45) is 7.05 Å². The average Bonchev–Trinajstić information content (AvgIpc) is 2.75. The molecule has 3 N–H and O–H groups in total. The van der Waals surface area contributed by atoms with Crippen molar-refractivity contribution in [1.29, 1.82) is 0 Å². The van der Waals surface area contributed by atoms with Crippen LogP contribution in [0.4, 0.5) is 16.3 Å². The van der Waals surface area contributed by atoms with Crippen LogP contribution in [-0.2, 0) is 7.05 Å². The number of hydrogen-bond acceptors (Lipinski definition) is 3. The van der Waals surface area contributed by atoms with E-state index >= 15 is 0 Å². The van der Waals surface area contributed by atoms with Crippen LogP contribution in [0.5, 0.6) is 0 Å². The lowest BCUT2D eigenvalue weighted by molar-refractivity contribution is 0.0697. The number of aryl methyl sites for hydroxylation is 1. The van der Waals surface area contributed by atoms with Crippen molar-refractivity contribution in [1.82, 2.24) is 9.78 Å². The molecule has 1 heterocycles. The summed E-state index contributed by atoms with van der Waals surface area (Å²) in [7, 11) is 1.71. The molecule has 0 aliphatic heterocycles. The molecule has 0 saturated heterocycles. The number of carboxylic acids is 1. The lowest BCUT2D eigenvalue weighted by atomic mass is 10.2. The molecule has 0 atom stereocenters. The van der Waals surface area contributed by atoms with Gasteiger partial charge in [0.05, 0.1) is 11.8 Å². The molecule has 0 saturated carbocycles. The molecule has 0 spiro atoms. The molecular weight excluding hydrogens is 248 g/mol. The van der Waals surface area contributed by atoms with Crippen LogP contribution in [0, 0.1) is 0 Å². The topological polar surface area (TPSA) is 96.3 Å². The van der Waals surface area contributed by atoms with Gasteiger partial charge in [-0.3, -0.25) is 10.00 Å². The van der Waals surface area contributed by atoms with E-state index in [0.717, 1.165) is 0 Å². The molecular formula is C12H12N4O3. The van der Waals surface area contributed by atoms with Gasteiger partial charge in [-0.1, -0.05) is 0 Å². The standard InChI is InChI=1S/C12H12N4O3/c1-16-10(6-7-13-16)15-12(19)14-9-4-2-8(3-5-9)11(17)18/h2-7H,1H3,(H,17,18)(H2,14,15,19). The number of urea groups is 1. The number of carbonyl (C=O) groups excluding carboxylic acids is 1. The molecule has 7 heteroatoms. The minimum absolute atomic E-state index is 0.164. The normalized spacial score (nSPS) is 9.95. The first kappa shape index (κ1) is 12.6. The van der Waals surface area contributed by atoms with E-state index in [9.17, 15) is 9.59 Å². The maximum atomic E-state index is 11.7. The van der Waals surface area contributed by atoms with Gasteiger partial charge in [0, 0.05) is 18.8 Å². The predicted molar refractivity (Wildman–Crippen MR) is 69.3 cm³/mol. The number of nitrogens with zero attached hydrogens (tertiary/aromatic N) is 2. The zero-order valence-corrected chi connectivity index (χ0v) is 10.1. The number of rotatable bonds is 3. The van der Waals surface area contributed by atoms with Gasteiger partial charge in [0.1, 0.15) is 5.82 Å². The summed E-state index contributed by atoms with van der Waals surface area (Å²) in [5.41, 5.74) is 0.669. The highest BCUT2D eigenvalue weighted by molar-refractivity contribution is 5.99. The average molecular weight is 260 g/mol. The second-order valence-corrected chi connectivity index (χ2v) is 3.80. The van der Waals surface area contributed by atoms with Crippen LogP contribution in [0.3, 0.4) is 0 Å². The zero-order valence-electron chi connectivity index (χ0n) is 10.1. The largest absolute Gasteiger partial charge is 0.478 e. The molecule has 2 aromatic rings. The molecule has 1 aromatic carbocycles. The number of hydrogen-bond donors (Lipinski definition) is 3. The molecule has 19 heavy (non-hydrogen) atoms. The third-order valence-corrected chi connectivity index (χ3v) is 2.45. The van der Waals surface area contributed by atoms with Crippen molar-refractivity contribution < 1.29 is 14.7 Å². The van der Waals surface area contributed by atoms with Crippen LogP contribution in [0.1, 0.15) is 10.4 Å². The second-order valence-electron chi connectivity index (χ2n) is 3.80. The Morgan fingerprint density at radius 2 is 1.84 bits per heavy atom. The highest BCUT2D eigenvalue weighted by atomic mass is 16.4. The Kier molecular flexibility index (Phi) is 3.46. The number of benzene rings is 1. The first-order valence-corrected chi connectivity index (χ1v) is 5.45. The van der Waals surface area contributed by atoms with E-state index in [1.54, 1.807) is 19.3 Å². The monoisotopic (exact) mass is 260 g/mol. The molecule has 0 aliphatic rings. The maximum Gasteiger partial charge on any atom is 0.335 e. The smallest absolute Gasteiger partial charge is 0.335 e. The van der Waals surface area contributed by atoms with Gasteiger partial charge < -0.3 is 10.4 Å². The first-order chi connectivity index (χ1) is 9.06. The fraction of sp³-hybridized carbons (Fsp3) is 0.0833. The van der Waals surface area contributed by atoms with Gasteiger partial charge >= 0.3 is 12.0 Å². The van der Waals surface area contributed by atoms with E-state index in [-0.39, 0.29) is 5.56 Å². The van der Waals surface area contributed by atoms with Crippen LogP contribution >= 0.6 is 0 Å². The predicted octanol–water partition coefficient (Wildman–Crippen LogP) is 1.76. The van der Waals surface area contributed by atoms with Crippen molar-refractivity contribution in [3.63, 3.8) is 0 Å². The summed E-state index contributed by atoms with van der Waals surface area (Å²) in [5, 5.41) is 17.9. The van der Waals surface area contributed by atoms with E-state index < -0.39 is 12.0 Å². The summed E-state index contributed by atoms with van der Waals surface area (Å²) in [6.45, 7) is 0. The Morgan fingerprint density at radius 3 is 2.37 bits per heavy atom. The second kappa shape index (κ2) is 5.21. The van der Waals surface area contributed by atoms with Crippen LogP contribution in [0.15, 0.2) is 36.5 Å². The Morgan fingerprint density at radius 1 is 1.16 bits per heavy atom. The summed E-state index contributed by atoms with van der Waals surface area (Å²) in [4.78, 5) is 22.3. The van der Waals surface area contributed by atoms with Gasteiger partial charge in [-0.05, 0) is 24.3 Å². The van der Waals surface area contributed by atoms with Crippen molar-refractivity contribution >= 4 is 23.5 Å². The number of carbonyl (C=O) groups is 2. The van der Waals surface area contributed by atoms with Crippen molar-refractivity contribution in [3.8, 4) is 0 Å². The van der Waals surface area contributed by atoms with E-state index in [4.69, 9.17) is 5.11 Å². The van der Waals surface area contributed by atoms with Gasteiger partial charge in [0.15, 0.2) is 0 Å². The zero-order chi connectivity index (χ0) is 13.8. The van der Waals surface area contributed by atoms with E-state index in [0.29, 0.717) is 11.5 Å². The molecule has 0 unspecified atom stereocenters. The molecule has 0 aliphatic carbocycles.